The van der Waals surface area contributed by atoms with E-state index in [-0.39, 0.29) is 18.8 Å². The molecule has 4 rings (SSSR count). The fourth-order valence-corrected chi connectivity index (χ4v) is 4.79. The molecule has 0 fully saturated rings. The number of aromatic nitrogens is 1. The van der Waals surface area contributed by atoms with E-state index < -0.39 is 41.9 Å². The van der Waals surface area contributed by atoms with Crippen molar-refractivity contribution in [3.05, 3.63) is 59.5 Å². The van der Waals surface area contributed by atoms with Crippen LogP contribution in [0.1, 0.15) is 24.6 Å². The lowest BCUT2D eigenvalue weighted by Crippen LogP contribution is -2.51. The standard InChI is InChI=1S/C27H30FN3O7/c1-3-38-23(32)14-31-20-10-8-15(28)12-17(20)18-13-16(9-11-21(18)31)29-26(35)24(33)25(34)27(36)30-19-6-4-5-7-22(19)37-2/h4-8,10,12,16,24-25,33-34H,3,9,11,13-14H2,1-2H3,(H,29,35)(H,30,36)/t16-,24+,25+/m0/s1. The van der Waals surface area contributed by atoms with Crippen LogP contribution in [-0.4, -0.2) is 64.5 Å². The molecule has 38 heavy (non-hydrogen) atoms. The van der Waals surface area contributed by atoms with Gasteiger partial charge in [0.25, 0.3) is 11.8 Å². The quantitative estimate of drug-likeness (QED) is 0.311. The molecule has 2 amide bonds. The van der Waals surface area contributed by atoms with E-state index in [0.29, 0.717) is 35.9 Å². The molecule has 3 aromatic rings. The molecule has 0 bridgehead atoms. The van der Waals surface area contributed by atoms with Crippen LogP contribution in [-0.2, 0) is 38.5 Å². The van der Waals surface area contributed by atoms with Gasteiger partial charge in [0.15, 0.2) is 12.2 Å². The fraction of sp³-hybridized carbons (Fsp3) is 0.370. The van der Waals surface area contributed by atoms with Crippen LogP contribution in [0.15, 0.2) is 42.5 Å². The number of esters is 1. The largest absolute Gasteiger partial charge is 0.495 e. The van der Waals surface area contributed by atoms with Gasteiger partial charge in [-0.25, -0.2) is 4.39 Å². The second-order valence-corrected chi connectivity index (χ2v) is 9.01. The Morgan fingerprint density at radius 2 is 1.87 bits per heavy atom. The molecule has 11 heteroatoms. The summed E-state index contributed by atoms with van der Waals surface area (Å²) in [6.07, 6.45) is -2.79. The second-order valence-electron chi connectivity index (χ2n) is 9.01. The highest BCUT2D eigenvalue weighted by Crippen LogP contribution is 2.33. The molecule has 1 heterocycles. The summed E-state index contributed by atoms with van der Waals surface area (Å²) < 4.78 is 26.1. The Labute approximate surface area is 218 Å². The van der Waals surface area contributed by atoms with E-state index in [1.165, 1.54) is 19.2 Å². The Bertz CT molecular complexity index is 1360. The van der Waals surface area contributed by atoms with Crippen LogP contribution in [0.5, 0.6) is 5.75 Å². The number of benzene rings is 2. The minimum Gasteiger partial charge on any atom is -0.495 e. The van der Waals surface area contributed by atoms with E-state index in [0.717, 1.165) is 11.3 Å². The predicted molar refractivity (Wildman–Crippen MR) is 136 cm³/mol. The van der Waals surface area contributed by atoms with Gasteiger partial charge in [-0.2, -0.15) is 0 Å². The normalized spacial score (nSPS) is 16.3. The topological polar surface area (TPSA) is 139 Å². The van der Waals surface area contributed by atoms with Crippen LogP contribution in [0, 0.1) is 5.82 Å². The van der Waals surface area contributed by atoms with Crippen molar-refractivity contribution in [2.24, 2.45) is 0 Å². The first-order valence-corrected chi connectivity index (χ1v) is 12.3. The highest BCUT2D eigenvalue weighted by molar-refractivity contribution is 5.99. The number of nitrogens with one attached hydrogen (secondary N) is 2. The SMILES string of the molecule is CCOC(=O)Cn1c2c(c3cc(F)ccc31)C[C@@H](NC(=O)[C@H](O)[C@@H](O)C(=O)Nc1ccccc1OC)CC2. The minimum absolute atomic E-state index is 0.0193. The Hall–Kier alpha value is -3.96. The molecule has 0 aliphatic heterocycles. The molecule has 3 atom stereocenters. The highest BCUT2D eigenvalue weighted by atomic mass is 19.1. The lowest BCUT2D eigenvalue weighted by molar-refractivity contribution is -0.143. The number of fused-ring (bicyclic) bond motifs is 3. The Morgan fingerprint density at radius 1 is 1.13 bits per heavy atom. The van der Waals surface area contributed by atoms with Gasteiger partial charge in [0.05, 0.1) is 19.4 Å². The van der Waals surface area contributed by atoms with Gasteiger partial charge in [-0.1, -0.05) is 12.1 Å². The maximum absolute atomic E-state index is 14.1. The van der Waals surface area contributed by atoms with Crippen LogP contribution in [0.4, 0.5) is 10.1 Å². The van der Waals surface area contributed by atoms with Crippen molar-refractivity contribution in [3.63, 3.8) is 0 Å². The number of hydrogen-bond acceptors (Lipinski definition) is 7. The van der Waals surface area contributed by atoms with E-state index in [1.54, 1.807) is 41.8 Å². The summed E-state index contributed by atoms with van der Waals surface area (Å²) in [5.74, 6) is -2.37. The van der Waals surface area contributed by atoms with E-state index >= 15 is 0 Å². The average Bonchev–Trinajstić information content (AvgIpc) is 3.19. The third-order valence-electron chi connectivity index (χ3n) is 6.57. The molecule has 2 aromatic carbocycles. The zero-order valence-electron chi connectivity index (χ0n) is 21.1. The monoisotopic (exact) mass is 527 g/mol. The number of hydrogen-bond donors (Lipinski definition) is 4. The molecular formula is C27H30FN3O7. The van der Waals surface area contributed by atoms with Crippen LogP contribution >= 0.6 is 0 Å². The molecule has 0 spiro atoms. The van der Waals surface area contributed by atoms with Crippen LogP contribution in [0.2, 0.25) is 0 Å². The van der Waals surface area contributed by atoms with Crippen LogP contribution in [0.3, 0.4) is 0 Å². The molecule has 1 aliphatic rings. The van der Waals surface area contributed by atoms with Gasteiger partial charge in [0.2, 0.25) is 0 Å². The van der Waals surface area contributed by atoms with Crippen molar-refractivity contribution in [3.8, 4) is 5.75 Å². The van der Waals surface area contributed by atoms with Gasteiger partial charge in [0, 0.05) is 22.6 Å². The van der Waals surface area contributed by atoms with Gasteiger partial charge in [-0.15, -0.1) is 0 Å². The number of para-hydroxylation sites is 2. The maximum Gasteiger partial charge on any atom is 0.325 e. The molecule has 1 aromatic heterocycles. The number of amides is 2. The molecule has 4 N–H and O–H groups in total. The molecule has 202 valence electrons. The van der Waals surface area contributed by atoms with Crippen molar-refractivity contribution in [1.29, 1.82) is 0 Å². The lowest BCUT2D eigenvalue weighted by Gasteiger charge is -2.27. The lowest BCUT2D eigenvalue weighted by atomic mass is 9.91. The van der Waals surface area contributed by atoms with Crippen LogP contribution in [0.25, 0.3) is 10.9 Å². The predicted octanol–water partition coefficient (Wildman–Crippen LogP) is 1.69. The summed E-state index contributed by atoms with van der Waals surface area (Å²) in [7, 11) is 1.42. The number of carbonyl (C=O) groups is 3. The van der Waals surface area contributed by atoms with Crippen LogP contribution < -0.4 is 15.4 Å². The third-order valence-corrected chi connectivity index (χ3v) is 6.57. The first-order valence-electron chi connectivity index (χ1n) is 12.3. The summed E-state index contributed by atoms with van der Waals surface area (Å²) >= 11 is 0. The fourth-order valence-electron chi connectivity index (χ4n) is 4.79. The molecule has 0 unspecified atom stereocenters. The minimum atomic E-state index is -2.03. The van der Waals surface area contributed by atoms with Crippen molar-refractivity contribution >= 4 is 34.4 Å². The summed E-state index contributed by atoms with van der Waals surface area (Å²) in [6, 6.07) is 10.4. The number of methoxy groups -OCH3 is 1. The van der Waals surface area contributed by atoms with Gasteiger partial charge in [0.1, 0.15) is 18.1 Å². The summed E-state index contributed by atoms with van der Waals surface area (Å²) in [6.45, 7) is 1.94. The summed E-state index contributed by atoms with van der Waals surface area (Å²) in [5.41, 5.74) is 2.59. The maximum atomic E-state index is 14.1. The van der Waals surface area contributed by atoms with Gasteiger partial charge in [-0.05, 0) is 62.1 Å². The van der Waals surface area contributed by atoms with Crippen molar-refractivity contribution < 1.29 is 38.5 Å². The Morgan fingerprint density at radius 3 is 2.61 bits per heavy atom. The number of halogens is 1. The van der Waals surface area contributed by atoms with Gasteiger partial charge < -0.3 is 34.9 Å². The summed E-state index contributed by atoms with van der Waals surface area (Å²) in [5, 5.41) is 26.5. The number of ether oxygens (including phenoxy) is 2. The number of aliphatic hydroxyl groups is 2. The molecule has 0 radical (unpaired) electrons. The highest BCUT2D eigenvalue weighted by Gasteiger charge is 2.34. The number of anilines is 1. The molecule has 0 saturated carbocycles. The van der Waals surface area contributed by atoms with Crippen molar-refractivity contribution in [2.45, 2.75) is 51.0 Å². The zero-order valence-corrected chi connectivity index (χ0v) is 21.1. The number of aliphatic hydroxyl groups excluding tert-OH is 2. The third kappa shape index (κ3) is 5.63. The van der Waals surface area contributed by atoms with Gasteiger partial charge >= 0.3 is 5.97 Å². The van der Waals surface area contributed by atoms with Crippen molar-refractivity contribution in [2.75, 3.05) is 19.0 Å². The number of carbonyl (C=O) groups excluding carboxylic acids is 3. The van der Waals surface area contributed by atoms with E-state index in [2.05, 4.69) is 10.6 Å². The van der Waals surface area contributed by atoms with E-state index in [1.807, 2.05) is 0 Å². The Balaban J connectivity index is 1.46. The molecular weight excluding hydrogens is 497 g/mol. The second kappa shape index (κ2) is 11.6. The zero-order chi connectivity index (χ0) is 27.4. The van der Waals surface area contributed by atoms with Crippen molar-refractivity contribution in [1.82, 2.24) is 9.88 Å². The number of nitrogens with zero attached hydrogens (tertiary/aromatic N) is 1. The molecule has 1 aliphatic carbocycles. The average molecular weight is 528 g/mol. The first kappa shape index (κ1) is 27.1. The van der Waals surface area contributed by atoms with E-state index in [9.17, 15) is 29.0 Å². The van der Waals surface area contributed by atoms with E-state index in [4.69, 9.17) is 9.47 Å². The first-order chi connectivity index (χ1) is 18.2. The number of rotatable bonds is 9. The molecule has 0 saturated heterocycles. The van der Waals surface area contributed by atoms with Gasteiger partial charge in [-0.3, -0.25) is 14.4 Å². The summed E-state index contributed by atoms with van der Waals surface area (Å²) in [4.78, 5) is 37.4. The smallest absolute Gasteiger partial charge is 0.325 e. The Kier molecular flexibility index (Phi) is 8.28. The molecule has 10 nitrogen and oxygen atoms in total.